The van der Waals surface area contributed by atoms with Crippen LogP contribution in [0.15, 0.2) is 18.3 Å². The van der Waals surface area contributed by atoms with Crippen molar-refractivity contribution in [1.29, 1.82) is 0 Å². The van der Waals surface area contributed by atoms with E-state index in [4.69, 9.17) is 16.3 Å². The molecule has 0 fully saturated rings. The van der Waals surface area contributed by atoms with E-state index < -0.39 is 0 Å². The van der Waals surface area contributed by atoms with Crippen LogP contribution in [-0.4, -0.2) is 24.5 Å². The fourth-order valence-corrected chi connectivity index (χ4v) is 2.13. The second-order valence-electron chi connectivity index (χ2n) is 4.88. The van der Waals surface area contributed by atoms with Gasteiger partial charge in [-0.1, -0.05) is 19.9 Å². The van der Waals surface area contributed by atoms with Gasteiger partial charge in [0.05, 0.1) is 7.11 Å². The Morgan fingerprint density at radius 3 is 2.88 bits per heavy atom. The molecule has 0 amide bonds. The summed E-state index contributed by atoms with van der Waals surface area (Å²) in [7, 11) is 1.64. The summed E-state index contributed by atoms with van der Waals surface area (Å²) in [6.45, 7) is 6.12. The van der Waals surface area contributed by atoms with Gasteiger partial charge in [0.15, 0.2) is 0 Å². The van der Waals surface area contributed by atoms with Crippen LogP contribution in [0.1, 0.15) is 25.8 Å². The third-order valence-corrected chi connectivity index (χ3v) is 2.92. The molecule has 17 heavy (non-hydrogen) atoms. The second-order valence-corrected chi connectivity index (χ2v) is 5.26. The van der Waals surface area contributed by atoms with Crippen LogP contribution in [0, 0.1) is 5.41 Å². The van der Waals surface area contributed by atoms with Gasteiger partial charge in [-0.25, -0.2) is 4.98 Å². The lowest BCUT2D eigenvalue weighted by molar-refractivity contribution is 0.327. The van der Waals surface area contributed by atoms with Gasteiger partial charge >= 0.3 is 0 Å². The highest BCUT2D eigenvalue weighted by Gasteiger charge is 2.16. The van der Waals surface area contributed by atoms with Crippen LogP contribution in [0.4, 0.5) is 0 Å². The highest BCUT2D eigenvalue weighted by Crippen LogP contribution is 2.20. The Hall–Kier alpha value is -0.800. The van der Waals surface area contributed by atoms with Crippen molar-refractivity contribution < 1.29 is 4.74 Å². The second kappa shape index (κ2) is 6.82. The zero-order valence-electron chi connectivity index (χ0n) is 10.8. The monoisotopic (exact) mass is 256 g/mol. The number of hydrogen-bond acceptors (Lipinski definition) is 3. The third kappa shape index (κ3) is 4.92. The number of hydrogen-bond donors (Lipinski definition) is 1. The molecule has 0 unspecified atom stereocenters. The van der Waals surface area contributed by atoms with E-state index >= 15 is 0 Å². The predicted octanol–water partition coefficient (Wildman–Crippen LogP) is 2.83. The van der Waals surface area contributed by atoms with Gasteiger partial charge in [0.2, 0.25) is 5.88 Å². The fourth-order valence-electron chi connectivity index (χ4n) is 1.62. The quantitative estimate of drug-likeness (QED) is 0.762. The minimum Gasteiger partial charge on any atom is -0.481 e. The Labute approximate surface area is 109 Å². The maximum Gasteiger partial charge on any atom is 0.217 e. The topological polar surface area (TPSA) is 34.1 Å². The van der Waals surface area contributed by atoms with Crippen molar-refractivity contribution in [3.8, 4) is 5.88 Å². The number of nitrogens with one attached hydrogen (secondary N) is 1. The third-order valence-electron chi connectivity index (χ3n) is 2.73. The molecule has 1 heterocycles. The Morgan fingerprint density at radius 1 is 1.47 bits per heavy atom. The number of nitrogens with zero attached hydrogens (tertiary/aromatic N) is 1. The molecular formula is C13H21ClN2O. The van der Waals surface area contributed by atoms with Gasteiger partial charge in [0.25, 0.3) is 0 Å². The first-order chi connectivity index (χ1) is 8.09. The van der Waals surface area contributed by atoms with Gasteiger partial charge in [-0.05, 0) is 17.9 Å². The normalized spacial score (nSPS) is 11.5. The number of halogens is 1. The number of ether oxygens (including phenoxy) is 1. The summed E-state index contributed by atoms with van der Waals surface area (Å²) in [4.78, 5) is 4.17. The standard InChI is InChI=1S/C13H21ClN2O/c1-13(2,6-7-14)10-15-9-11-5-4-8-16-12(11)17-3/h4-5,8,15H,6-7,9-10H2,1-3H3. The summed E-state index contributed by atoms with van der Waals surface area (Å²) in [6, 6.07) is 3.94. The molecule has 0 saturated heterocycles. The van der Waals surface area contributed by atoms with Gasteiger partial charge in [-0.15, -0.1) is 11.6 Å². The zero-order valence-corrected chi connectivity index (χ0v) is 11.5. The van der Waals surface area contributed by atoms with E-state index in [1.807, 2.05) is 12.1 Å². The molecule has 0 radical (unpaired) electrons. The van der Waals surface area contributed by atoms with E-state index in [-0.39, 0.29) is 5.41 Å². The lowest BCUT2D eigenvalue weighted by Gasteiger charge is -2.24. The summed E-state index contributed by atoms with van der Waals surface area (Å²) in [5.74, 6) is 1.39. The van der Waals surface area contributed by atoms with Crippen LogP contribution in [0.25, 0.3) is 0 Å². The molecule has 1 rings (SSSR count). The smallest absolute Gasteiger partial charge is 0.217 e. The minimum atomic E-state index is 0.219. The van der Waals surface area contributed by atoms with Crippen LogP contribution >= 0.6 is 11.6 Å². The van der Waals surface area contributed by atoms with E-state index in [0.717, 1.165) is 25.1 Å². The predicted molar refractivity (Wildman–Crippen MR) is 71.6 cm³/mol. The summed E-state index contributed by atoms with van der Waals surface area (Å²) in [5.41, 5.74) is 1.30. The molecule has 1 N–H and O–H groups in total. The summed E-state index contributed by atoms with van der Waals surface area (Å²) < 4.78 is 5.20. The van der Waals surface area contributed by atoms with Crippen LogP contribution in [0.2, 0.25) is 0 Å². The van der Waals surface area contributed by atoms with Crippen molar-refractivity contribution in [2.75, 3.05) is 19.5 Å². The van der Waals surface area contributed by atoms with E-state index in [2.05, 4.69) is 24.1 Å². The van der Waals surface area contributed by atoms with Gasteiger partial charge in [-0.3, -0.25) is 0 Å². The average molecular weight is 257 g/mol. The number of pyridine rings is 1. The molecule has 0 aliphatic heterocycles. The molecule has 4 heteroatoms. The lowest BCUT2D eigenvalue weighted by Crippen LogP contribution is -2.29. The van der Waals surface area contributed by atoms with Gasteiger partial charge < -0.3 is 10.1 Å². The molecule has 0 aliphatic rings. The number of aromatic nitrogens is 1. The van der Waals surface area contributed by atoms with Crippen molar-refractivity contribution in [2.24, 2.45) is 5.41 Å². The molecule has 0 aromatic carbocycles. The molecule has 0 spiro atoms. The van der Waals surface area contributed by atoms with Gasteiger partial charge in [0, 0.05) is 30.7 Å². The Morgan fingerprint density at radius 2 is 2.24 bits per heavy atom. The van der Waals surface area contributed by atoms with E-state index in [1.165, 1.54) is 0 Å². The maximum absolute atomic E-state index is 5.77. The van der Waals surface area contributed by atoms with E-state index in [9.17, 15) is 0 Å². The molecule has 0 bridgehead atoms. The van der Waals surface area contributed by atoms with Crippen molar-refractivity contribution in [3.05, 3.63) is 23.9 Å². The Bertz CT molecular complexity index is 342. The van der Waals surface area contributed by atoms with Gasteiger partial charge in [0.1, 0.15) is 0 Å². The molecule has 1 aromatic rings. The summed E-state index contributed by atoms with van der Waals surface area (Å²) in [5, 5.41) is 3.42. The minimum absolute atomic E-state index is 0.219. The van der Waals surface area contributed by atoms with Crippen LogP contribution in [0.5, 0.6) is 5.88 Å². The zero-order chi connectivity index (χ0) is 12.7. The largest absolute Gasteiger partial charge is 0.481 e. The molecule has 0 aliphatic carbocycles. The van der Waals surface area contributed by atoms with Crippen LogP contribution < -0.4 is 10.1 Å². The molecule has 0 saturated carbocycles. The van der Waals surface area contributed by atoms with Crippen LogP contribution in [0.3, 0.4) is 0 Å². The van der Waals surface area contributed by atoms with Crippen molar-refractivity contribution in [3.63, 3.8) is 0 Å². The van der Waals surface area contributed by atoms with Crippen LogP contribution in [-0.2, 0) is 6.54 Å². The number of alkyl halides is 1. The van der Waals surface area contributed by atoms with Crippen molar-refractivity contribution in [1.82, 2.24) is 10.3 Å². The van der Waals surface area contributed by atoms with Gasteiger partial charge in [-0.2, -0.15) is 0 Å². The molecule has 96 valence electrons. The molecule has 3 nitrogen and oxygen atoms in total. The fraction of sp³-hybridized carbons (Fsp3) is 0.615. The average Bonchev–Trinajstić information content (AvgIpc) is 2.29. The van der Waals surface area contributed by atoms with Crippen molar-refractivity contribution >= 4 is 11.6 Å². The first kappa shape index (κ1) is 14.3. The number of methoxy groups -OCH3 is 1. The SMILES string of the molecule is COc1ncccc1CNCC(C)(C)CCCl. The van der Waals surface area contributed by atoms with Crippen molar-refractivity contribution in [2.45, 2.75) is 26.8 Å². The maximum atomic E-state index is 5.77. The van der Waals surface area contributed by atoms with E-state index in [0.29, 0.717) is 11.8 Å². The molecular weight excluding hydrogens is 236 g/mol. The molecule has 1 aromatic heterocycles. The Kier molecular flexibility index (Phi) is 5.72. The Balaban J connectivity index is 2.45. The number of rotatable bonds is 7. The first-order valence-electron chi connectivity index (χ1n) is 5.83. The lowest BCUT2D eigenvalue weighted by atomic mass is 9.90. The van der Waals surface area contributed by atoms with E-state index in [1.54, 1.807) is 13.3 Å². The molecule has 0 atom stereocenters. The highest BCUT2D eigenvalue weighted by molar-refractivity contribution is 6.17. The summed E-state index contributed by atoms with van der Waals surface area (Å²) in [6.07, 6.45) is 2.74. The summed E-state index contributed by atoms with van der Waals surface area (Å²) >= 11 is 5.77. The first-order valence-corrected chi connectivity index (χ1v) is 6.37. The highest BCUT2D eigenvalue weighted by atomic mass is 35.5.